The van der Waals surface area contributed by atoms with E-state index >= 15 is 0 Å². The molecule has 2 rings (SSSR count). The highest BCUT2D eigenvalue weighted by molar-refractivity contribution is 7.99. The fourth-order valence-electron chi connectivity index (χ4n) is 1.13. The van der Waals surface area contributed by atoms with E-state index in [9.17, 15) is 0 Å². The van der Waals surface area contributed by atoms with Crippen molar-refractivity contribution in [3.8, 4) is 0 Å². The van der Waals surface area contributed by atoms with Crippen LogP contribution in [0.15, 0.2) is 52.4 Å². The number of anilines is 1. The highest BCUT2D eigenvalue weighted by Crippen LogP contribution is 2.31. The highest BCUT2D eigenvalue weighted by Gasteiger charge is 2.02. The fourth-order valence-corrected chi connectivity index (χ4v) is 2.21. The lowest BCUT2D eigenvalue weighted by Crippen LogP contribution is -1.89. The molecule has 1 aromatic carbocycles. The van der Waals surface area contributed by atoms with Crippen LogP contribution >= 0.6 is 23.4 Å². The van der Waals surface area contributed by atoms with Crippen molar-refractivity contribution in [3.05, 3.63) is 47.5 Å². The van der Waals surface area contributed by atoms with Crippen LogP contribution in [0.25, 0.3) is 0 Å². The van der Waals surface area contributed by atoms with E-state index in [-0.39, 0.29) is 0 Å². The molecule has 0 amide bonds. The summed E-state index contributed by atoms with van der Waals surface area (Å²) in [5.74, 6) is 0.520. The molecule has 1 heterocycles. The van der Waals surface area contributed by atoms with Crippen molar-refractivity contribution in [1.82, 2.24) is 4.98 Å². The highest BCUT2D eigenvalue weighted by atomic mass is 35.5. The molecule has 0 spiro atoms. The molecule has 0 saturated carbocycles. The molecule has 0 unspecified atom stereocenters. The Bertz CT molecular complexity index is 474. The van der Waals surface area contributed by atoms with Gasteiger partial charge in [-0.05, 0) is 24.3 Å². The standard InChI is InChI=1S/C11H9ClN2S/c12-8-4-1-2-5-9(8)15-11-7-3-6-10(13)14-11/h1-7H,(H2,13,14). The number of pyridine rings is 1. The summed E-state index contributed by atoms with van der Waals surface area (Å²) in [6.45, 7) is 0. The zero-order chi connectivity index (χ0) is 10.7. The van der Waals surface area contributed by atoms with Crippen LogP contribution in [0.2, 0.25) is 5.02 Å². The number of nitrogens with zero attached hydrogens (tertiary/aromatic N) is 1. The number of nitrogens with two attached hydrogens (primary N) is 1. The average Bonchev–Trinajstić information content (AvgIpc) is 2.22. The van der Waals surface area contributed by atoms with Gasteiger partial charge in [0.2, 0.25) is 0 Å². The third-order valence-electron chi connectivity index (χ3n) is 1.80. The summed E-state index contributed by atoms with van der Waals surface area (Å²) >= 11 is 7.54. The lowest BCUT2D eigenvalue weighted by molar-refractivity contribution is 1.14. The first-order valence-corrected chi connectivity index (χ1v) is 5.60. The van der Waals surface area contributed by atoms with Gasteiger partial charge in [-0.3, -0.25) is 0 Å². The molecular weight excluding hydrogens is 228 g/mol. The minimum Gasteiger partial charge on any atom is -0.384 e. The van der Waals surface area contributed by atoms with Crippen molar-refractivity contribution in [2.24, 2.45) is 0 Å². The number of nitrogen functional groups attached to an aromatic ring is 1. The van der Waals surface area contributed by atoms with Gasteiger partial charge in [0.05, 0.1) is 5.02 Å². The fraction of sp³-hybridized carbons (Fsp3) is 0. The summed E-state index contributed by atoms with van der Waals surface area (Å²) in [4.78, 5) is 5.18. The molecule has 15 heavy (non-hydrogen) atoms. The first-order chi connectivity index (χ1) is 7.25. The van der Waals surface area contributed by atoms with Gasteiger partial charge >= 0.3 is 0 Å². The Morgan fingerprint density at radius 3 is 2.60 bits per heavy atom. The summed E-state index contributed by atoms with van der Waals surface area (Å²) in [5.41, 5.74) is 5.59. The summed E-state index contributed by atoms with van der Waals surface area (Å²) in [6.07, 6.45) is 0. The summed E-state index contributed by atoms with van der Waals surface area (Å²) in [6, 6.07) is 13.2. The largest absolute Gasteiger partial charge is 0.384 e. The van der Waals surface area contributed by atoms with Crippen LogP contribution in [0.4, 0.5) is 5.82 Å². The molecule has 0 aliphatic rings. The number of rotatable bonds is 2. The zero-order valence-electron chi connectivity index (χ0n) is 7.85. The number of hydrogen-bond acceptors (Lipinski definition) is 3. The van der Waals surface area contributed by atoms with Crippen LogP contribution in [-0.2, 0) is 0 Å². The molecule has 0 radical (unpaired) electrons. The predicted octanol–water partition coefficient (Wildman–Crippen LogP) is 3.47. The molecule has 0 aliphatic carbocycles. The molecule has 0 fully saturated rings. The van der Waals surface area contributed by atoms with Crippen LogP contribution in [0.3, 0.4) is 0 Å². The maximum Gasteiger partial charge on any atom is 0.124 e. The van der Waals surface area contributed by atoms with Gasteiger partial charge in [-0.15, -0.1) is 0 Å². The Morgan fingerprint density at radius 1 is 1.07 bits per heavy atom. The van der Waals surface area contributed by atoms with Crippen LogP contribution in [0.5, 0.6) is 0 Å². The van der Waals surface area contributed by atoms with Gasteiger partial charge in [0.15, 0.2) is 0 Å². The van der Waals surface area contributed by atoms with Gasteiger partial charge in [-0.25, -0.2) is 4.98 Å². The summed E-state index contributed by atoms with van der Waals surface area (Å²) < 4.78 is 0. The average molecular weight is 237 g/mol. The molecular formula is C11H9ClN2S. The molecule has 76 valence electrons. The second kappa shape index (κ2) is 4.55. The topological polar surface area (TPSA) is 38.9 Å². The van der Waals surface area contributed by atoms with Gasteiger partial charge in [0, 0.05) is 4.90 Å². The first kappa shape index (κ1) is 10.3. The van der Waals surface area contributed by atoms with E-state index in [1.807, 2.05) is 36.4 Å². The smallest absolute Gasteiger partial charge is 0.124 e. The van der Waals surface area contributed by atoms with Crippen molar-refractivity contribution in [3.63, 3.8) is 0 Å². The predicted molar refractivity (Wildman–Crippen MR) is 64.2 cm³/mol. The van der Waals surface area contributed by atoms with Crippen molar-refractivity contribution >= 4 is 29.2 Å². The Hall–Kier alpha value is -1.19. The number of aromatic nitrogens is 1. The minimum atomic E-state index is 0.520. The lowest BCUT2D eigenvalue weighted by atomic mass is 10.4. The van der Waals surface area contributed by atoms with E-state index in [4.69, 9.17) is 17.3 Å². The quantitative estimate of drug-likeness (QED) is 0.868. The maximum absolute atomic E-state index is 6.03. The van der Waals surface area contributed by atoms with Gasteiger partial charge in [0.1, 0.15) is 10.8 Å². The van der Waals surface area contributed by atoms with E-state index in [0.717, 1.165) is 14.9 Å². The van der Waals surface area contributed by atoms with Crippen LogP contribution in [0.1, 0.15) is 0 Å². The third-order valence-corrected chi connectivity index (χ3v) is 3.25. The molecule has 0 bridgehead atoms. The lowest BCUT2D eigenvalue weighted by Gasteiger charge is -2.03. The van der Waals surface area contributed by atoms with Crippen LogP contribution in [-0.4, -0.2) is 4.98 Å². The van der Waals surface area contributed by atoms with Gasteiger partial charge in [-0.2, -0.15) is 0 Å². The van der Waals surface area contributed by atoms with Crippen molar-refractivity contribution in [1.29, 1.82) is 0 Å². The molecule has 2 aromatic rings. The molecule has 0 aliphatic heterocycles. The maximum atomic E-state index is 6.03. The third kappa shape index (κ3) is 2.64. The van der Waals surface area contributed by atoms with Crippen LogP contribution in [0, 0.1) is 0 Å². The normalized spacial score (nSPS) is 10.2. The SMILES string of the molecule is Nc1cccc(Sc2ccccc2Cl)n1. The first-order valence-electron chi connectivity index (χ1n) is 4.40. The van der Waals surface area contributed by atoms with E-state index in [2.05, 4.69) is 4.98 Å². The molecule has 0 atom stereocenters. The minimum absolute atomic E-state index is 0.520. The monoisotopic (exact) mass is 236 g/mol. The summed E-state index contributed by atoms with van der Waals surface area (Å²) in [7, 11) is 0. The van der Waals surface area contributed by atoms with Crippen molar-refractivity contribution < 1.29 is 0 Å². The van der Waals surface area contributed by atoms with Gasteiger partial charge < -0.3 is 5.73 Å². The van der Waals surface area contributed by atoms with Crippen LogP contribution < -0.4 is 5.73 Å². The second-order valence-corrected chi connectivity index (χ2v) is 4.40. The van der Waals surface area contributed by atoms with E-state index in [1.54, 1.807) is 6.07 Å². The van der Waals surface area contributed by atoms with Crippen molar-refractivity contribution in [2.75, 3.05) is 5.73 Å². The second-order valence-electron chi connectivity index (χ2n) is 2.93. The Balaban J connectivity index is 2.26. The van der Waals surface area contributed by atoms with E-state index in [1.165, 1.54) is 11.8 Å². The molecule has 2 N–H and O–H groups in total. The Labute approximate surface area is 97.5 Å². The van der Waals surface area contributed by atoms with Gasteiger partial charge in [0.25, 0.3) is 0 Å². The molecule has 1 aromatic heterocycles. The zero-order valence-corrected chi connectivity index (χ0v) is 9.42. The Morgan fingerprint density at radius 2 is 1.87 bits per heavy atom. The number of hydrogen-bond donors (Lipinski definition) is 1. The molecule has 4 heteroatoms. The number of halogens is 1. The molecule has 2 nitrogen and oxygen atoms in total. The summed E-state index contributed by atoms with van der Waals surface area (Å²) in [5, 5.41) is 1.58. The Kier molecular flexibility index (Phi) is 3.14. The van der Waals surface area contributed by atoms with E-state index in [0.29, 0.717) is 5.82 Å². The van der Waals surface area contributed by atoms with Gasteiger partial charge in [-0.1, -0.05) is 41.6 Å². The number of benzene rings is 1. The molecule has 0 saturated heterocycles. The van der Waals surface area contributed by atoms with E-state index < -0.39 is 0 Å². The van der Waals surface area contributed by atoms with Crippen molar-refractivity contribution in [2.45, 2.75) is 9.92 Å².